The molecule has 6 rings (SSSR count). The van der Waals surface area contributed by atoms with Crippen molar-refractivity contribution in [2.75, 3.05) is 27.2 Å². The molecular weight excluding hydrogens is 546 g/mol. The molecule has 10 nitrogen and oxygen atoms in total. The third-order valence-corrected chi connectivity index (χ3v) is 7.98. The molecule has 10 heteroatoms. The van der Waals surface area contributed by atoms with Crippen molar-refractivity contribution < 1.29 is 23.5 Å². The van der Waals surface area contributed by atoms with Gasteiger partial charge in [0.1, 0.15) is 0 Å². The van der Waals surface area contributed by atoms with E-state index in [1.807, 2.05) is 24.3 Å². The van der Waals surface area contributed by atoms with Crippen LogP contribution >= 0.6 is 0 Å². The molecule has 0 unspecified atom stereocenters. The lowest BCUT2D eigenvalue weighted by molar-refractivity contribution is -0.0763. The Morgan fingerprint density at radius 2 is 1.26 bits per heavy atom. The molecule has 43 heavy (non-hydrogen) atoms. The van der Waals surface area contributed by atoms with Gasteiger partial charge in [-0.15, -0.1) is 0 Å². The second kappa shape index (κ2) is 13.5. The maximum atomic E-state index is 12.3. The summed E-state index contributed by atoms with van der Waals surface area (Å²) < 4.78 is 10.8. The molecule has 0 saturated carbocycles. The SMILES string of the molecule is CC(=O)c1noc2c1[C@@H](C)CN(Cc1ccccc1)C2.CON(C)C(=O)c1noc2c1[C@@H](C)CN(Cc1ccccc1)C2. The molecule has 2 aromatic heterocycles. The van der Waals surface area contributed by atoms with Gasteiger partial charge in [-0.1, -0.05) is 84.8 Å². The molecule has 0 saturated heterocycles. The minimum absolute atomic E-state index is 0.0154. The number of aromatic nitrogens is 2. The molecule has 0 N–H and O–H groups in total. The van der Waals surface area contributed by atoms with Crippen LogP contribution in [0.1, 0.15) is 87.4 Å². The van der Waals surface area contributed by atoms with Crippen molar-refractivity contribution in [2.45, 2.75) is 58.8 Å². The van der Waals surface area contributed by atoms with Crippen molar-refractivity contribution in [3.05, 3.63) is 106 Å². The second-order valence-electron chi connectivity index (χ2n) is 11.4. The van der Waals surface area contributed by atoms with E-state index in [9.17, 15) is 9.59 Å². The second-order valence-corrected chi connectivity index (χ2v) is 11.4. The number of nitrogens with zero attached hydrogens (tertiary/aromatic N) is 5. The summed E-state index contributed by atoms with van der Waals surface area (Å²) in [5.41, 5.74) is 5.32. The first-order chi connectivity index (χ1) is 20.7. The van der Waals surface area contributed by atoms with Crippen molar-refractivity contribution in [2.24, 2.45) is 0 Å². The zero-order valence-electron chi connectivity index (χ0n) is 25.4. The monoisotopic (exact) mass is 585 g/mol. The first kappa shape index (κ1) is 30.3. The Morgan fingerprint density at radius 1 is 0.814 bits per heavy atom. The van der Waals surface area contributed by atoms with Gasteiger partial charge in [0.25, 0.3) is 5.91 Å². The Kier molecular flexibility index (Phi) is 9.49. The van der Waals surface area contributed by atoms with Crippen LogP contribution in [0.15, 0.2) is 69.7 Å². The lowest BCUT2D eigenvalue weighted by Gasteiger charge is -2.30. The molecule has 0 fully saturated rings. The minimum Gasteiger partial charge on any atom is -0.359 e. The Bertz CT molecular complexity index is 1530. The highest BCUT2D eigenvalue weighted by Crippen LogP contribution is 2.33. The van der Waals surface area contributed by atoms with Gasteiger partial charge in [0.05, 0.1) is 20.2 Å². The molecule has 2 aromatic carbocycles. The van der Waals surface area contributed by atoms with E-state index in [1.165, 1.54) is 23.3 Å². The maximum Gasteiger partial charge on any atom is 0.299 e. The lowest BCUT2D eigenvalue weighted by atomic mass is 9.93. The number of carbonyl (C=O) groups excluding carboxylic acids is 2. The Morgan fingerprint density at radius 3 is 1.70 bits per heavy atom. The minimum atomic E-state index is -0.277. The maximum absolute atomic E-state index is 12.3. The third-order valence-electron chi connectivity index (χ3n) is 7.98. The molecule has 4 heterocycles. The largest absolute Gasteiger partial charge is 0.359 e. The number of hydrogen-bond donors (Lipinski definition) is 0. The van der Waals surface area contributed by atoms with E-state index in [4.69, 9.17) is 13.9 Å². The van der Waals surface area contributed by atoms with E-state index >= 15 is 0 Å². The van der Waals surface area contributed by atoms with Crippen LogP contribution < -0.4 is 0 Å². The first-order valence-electron chi connectivity index (χ1n) is 14.6. The molecule has 2 atom stereocenters. The fraction of sp³-hybridized carbons (Fsp3) is 0.394. The van der Waals surface area contributed by atoms with Crippen molar-refractivity contribution in [3.63, 3.8) is 0 Å². The van der Waals surface area contributed by atoms with Crippen molar-refractivity contribution >= 4 is 11.7 Å². The van der Waals surface area contributed by atoms with E-state index in [2.05, 4.69) is 70.4 Å². The summed E-state index contributed by atoms with van der Waals surface area (Å²) in [6.07, 6.45) is 0. The summed E-state index contributed by atoms with van der Waals surface area (Å²) in [6.45, 7) is 10.7. The van der Waals surface area contributed by atoms with Crippen LogP contribution in [-0.2, 0) is 31.0 Å². The Hall–Kier alpha value is -4.12. The highest BCUT2D eigenvalue weighted by Gasteiger charge is 2.33. The van der Waals surface area contributed by atoms with Crippen LogP contribution in [0.2, 0.25) is 0 Å². The fourth-order valence-electron chi connectivity index (χ4n) is 5.96. The number of rotatable bonds is 7. The van der Waals surface area contributed by atoms with Crippen molar-refractivity contribution in [1.82, 2.24) is 25.2 Å². The number of hydrogen-bond acceptors (Lipinski definition) is 9. The Labute approximate surface area is 252 Å². The number of hydroxylamine groups is 2. The van der Waals surface area contributed by atoms with Crippen LogP contribution in [0.3, 0.4) is 0 Å². The molecule has 0 bridgehead atoms. The quantitative estimate of drug-likeness (QED) is 0.208. The molecule has 4 aromatic rings. The van der Waals surface area contributed by atoms with Crippen LogP contribution in [0.5, 0.6) is 0 Å². The van der Waals surface area contributed by atoms with Gasteiger partial charge in [0, 0.05) is 51.3 Å². The molecule has 0 spiro atoms. The smallest absolute Gasteiger partial charge is 0.299 e. The van der Waals surface area contributed by atoms with Gasteiger partial charge in [-0.05, 0) is 23.0 Å². The first-order valence-corrected chi connectivity index (χ1v) is 14.6. The number of benzene rings is 2. The third kappa shape index (κ3) is 6.93. The number of ketones is 1. The van der Waals surface area contributed by atoms with Gasteiger partial charge in [0.15, 0.2) is 28.7 Å². The van der Waals surface area contributed by atoms with Gasteiger partial charge >= 0.3 is 0 Å². The lowest BCUT2D eigenvalue weighted by Crippen LogP contribution is -2.33. The van der Waals surface area contributed by atoms with Crippen molar-refractivity contribution in [1.29, 1.82) is 0 Å². The molecule has 226 valence electrons. The van der Waals surface area contributed by atoms with E-state index in [-0.39, 0.29) is 23.5 Å². The predicted octanol–water partition coefficient (Wildman–Crippen LogP) is 5.42. The summed E-state index contributed by atoms with van der Waals surface area (Å²) in [4.78, 5) is 33.4. The molecule has 0 aliphatic carbocycles. The average molecular weight is 586 g/mol. The van der Waals surface area contributed by atoms with E-state index in [1.54, 1.807) is 14.0 Å². The fourth-order valence-corrected chi connectivity index (χ4v) is 5.96. The van der Waals surface area contributed by atoms with Gasteiger partial charge in [0.2, 0.25) is 0 Å². The number of Topliss-reactive ketones (excluding diaryl/α,β-unsaturated/α-hetero) is 1. The Balaban J connectivity index is 0.000000173. The predicted molar refractivity (Wildman–Crippen MR) is 160 cm³/mol. The van der Waals surface area contributed by atoms with Gasteiger partial charge < -0.3 is 9.05 Å². The molecule has 1 amide bonds. The topological polar surface area (TPSA) is 105 Å². The van der Waals surface area contributed by atoms with Gasteiger partial charge in [-0.2, -0.15) is 0 Å². The summed E-state index contributed by atoms with van der Waals surface area (Å²) in [7, 11) is 3.02. The van der Waals surface area contributed by atoms with Gasteiger partial charge in [-0.3, -0.25) is 24.2 Å². The van der Waals surface area contributed by atoms with E-state index < -0.39 is 0 Å². The highest BCUT2D eigenvalue weighted by atomic mass is 16.7. The van der Waals surface area contributed by atoms with E-state index in [0.29, 0.717) is 17.9 Å². The molecular formula is C33H39N5O5. The molecule has 0 radical (unpaired) electrons. The summed E-state index contributed by atoms with van der Waals surface area (Å²) in [5, 5.41) is 9.09. The standard InChI is InChI=1S/C17H21N3O3.C16H18N2O2/c1-12-9-20(10-13-7-5-4-6-8-13)11-14-15(12)16(18-23-14)17(21)19(2)22-3;1-11-8-18(9-13-6-4-3-5-7-13)10-14-15(11)16(12(2)19)17-20-14/h4-8,12H,9-11H2,1-3H3;3-7,11H,8-10H2,1-2H3/t12-;11-/m00/s1. The normalized spacial score (nSPS) is 18.3. The number of fused-ring (bicyclic) bond motifs is 2. The van der Waals surface area contributed by atoms with Crippen LogP contribution in [0.4, 0.5) is 0 Å². The van der Waals surface area contributed by atoms with Crippen LogP contribution in [0.25, 0.3) is 0 Å². The summed E-state index contributed by atoms with van der Waals surface area (Å²) >= 11 is 0. The van der Waals surface area contributed by atoms with E-state index in [0.717, 1.165) is 55.4 Å². The molecule has 2 aliphatic heterocycles. The average Bonchev–Trinajstić information content (AvgIpc) is 3.63. The molecule has 2 aliphatic rings. The summed E-state index contributed by atoms with van der Waals surface area (Å²) in [6, 6.07) is 20.7. The number of carbonyl (C=O) groups is 2. The number of amides is 1. The highest BCUT2D eigenvalue weighted by molar-refractivity contribution is 5.94. The van der Waals surface area contributed by atoms with Crippen LogP contribution in [-0.4, -0.2) is 64.1 Å². The van der Waals surface area contributed by atoms with Gasteiger partial charge in [-0.25, -0.2) is 5.06 Å². The van der Waals surface area contributed by atoms with Crippen molar-refractivity contribution in [3.8, 4) is 0 Å². The zero-order valence-corrected chi connectivity index (χ0v) is 25.4. The zero-order chi connectivity index (χ0) is 30.5. The van der Waals surface area contributed by atoms with Crippen LogP contribution in [0, 0.1) is 0 Å². The summed E-state index contributed by atoms with van der Waals surface area (Å²) in [5.74, 6) is 1.77.